The average molecular weight is 302 g/mol. The Bertz CT molecular complexity index is 783. The van der Waals surface area contributed by atoms with Crippen molar-refractivity contribution in [1.82, 2.24) is 9.78 Å². The van der Waals surface area contributed by atoms with Crippen molar-refractivity contribution in [3.8, 4) is 11.1 Å². The van der Waals surface area contributed by atoms with Gasteiger partial charge in [-0.05, 0) is 29.3 Å². The summed E-state index contributed by atoms with van der Waals surface area (Å²) in [5, 5.41) is 4.42. The van der Waals surface area contributed by atoms with Crippen molar-refractivity contribution in [2.75, 3.05) is 5.73 Å². The summed E-state index contributed by atoms with van der Waals surface area (Å²) >= 11 is 5.96. The van der Waals surface area contributed by atoms with Crippen molar-refractivity contribution in [3.05, 3.63) is 71.3 Å². The summed E-state index contributed by atoms with van der Waals surface area (Å²) in [6.07, 6.45) is 3.64. The fraction of sp³-hybridized carbons (Fsp3) is 0.0625. The van der Waals surface area contributed by atoms with E-state index < -0.39 is 5.82 Å². The molecular weight excluding hydrogens is 289 g/mol. The molecule has 1 aromatic heterocycles. The molecule has 0 atom stereocenters. The van der Waals surface area contributed by atoms with Crippen LogP contribution < -0.4 is 5.73 Å². The van der Waals surface area contributed by atoms with E-state index in [1.165, 1.54) is 6.07 Å². The maximum Gasteiger partial charge on any atom is 0.142 e. The number of benzene rings is 2. The molecule has 0 bridgehead atoms. The molecule has 0 radical (unpaired) electrons. The molecule has 0 aliphatic carbocycles. The Morgan fingerprint density at radius 1 is 1.14 bits per heavy atom. The predicted molar refractivity (Wildman–Crippen MR) is 82.6 cm³/mol. The first kappa shape index (κ1) is 13.6. The van der Waals surface area contributed by atoms with Crippen LogP contribution in [-0.4, -0.2) is 9.78 Å². The average Bonchev–Trinajstić information content (AvgIpc) is 2.93. The molecule has 5 heteroatoms. The summed E-state index contributed by atoms with van der Waals surface area (Å²) < 4.78 is 15.1. The molecule has 0 aliphatic heterocycles. The van der Waals surface area contributed by atoms with Crippen LogP contribution >= 0.6 is 11.6 Å². The smallest absolute Gasteiger partial charge is 0.142 e. The maximum atomic E-state index is 13.4. The minimum Gasteiger partial charge on any atom is -0.399 e. The fourth-order valence-corrected chi connectivity index (χ4v) is 2.35. The highest BCUT2D eigenvalue weighted by Crippen LogP contribution is 2.23. The third kappa shape index (κ3) is 2.90. The van der Waals surface area contributed by atoms with Crippen LogP contribution in [0.4, 0.5) is 10.1 Å². The molecule has 1 heterocycles. The van der Waals surface area contributed by atoms with Crippen LogP contribution in [0.3, 0.4) is 0 Å². The van der Waals surface area contributed by atoms with Gasteiger partial charge in [-0.1, -0.05) is 35.9 Å². The standard InChI is InChI=1S/C16H13ClFN3/c17-16-12(4-2-6-15(16)18)9-21-10-13(8-20-21)11-3-1-5-14(19)7-11/h1-8,10H,9,19H2. The molecule has 3 nitrogen and oxygen atoms in total. The first-order valence-electron chi connectivity index (χ1n) is 6.45. The summed E-state index contributed by atoms with van der Waals surface area (Å²) in [4.78, 5) is 0. The minimum atomic E-state index is -0.419. The number of nitrogens with zero attached hydrogens (tertiary/aromatic N) is 2. The molecule has 0 spiro atoms. The van der Waals surface area contributed by atoms with Crippen LogP contribution in [0, 0.1) is 5.82 Å². The summed E-state index contributed by atoms with van der Waals surface area (Å²) in [6.45, 7) is 0.416. The zero-order valence-corrected chi connectivity index (χ0v) is 11.9. The van der Waals surface area contributed by atoms with Crippen molar-refractivity contribution < 1.29 is 4.39 Å². The minimum absolute atomic E-state index is 0.138. The normalized spacial score (nSPS) is 10.8. The third-order valence-electron chi connectivity index (χ3n) is 3.22. The summed E-state index contributed by atoms with van der Waals surface area (Å²) in [5.74, 6) is -0.419. The zero-order chi connectivity index (χ0) is 14.8. The number of anilines is 1. The SMILES string of the molecule is Nc1cccc(-c2cnn(Cc3cccc(F)c3Cl)c2)c1. The quantitative estimate of drug-likeness (QED) is 0.744. The molecule has 0 saturated carbocycles. The van der Waals surface area contributed by atoms with Gasteiger partial charge in [-0.15, -0.1) is 0 Å². The van der Waals surface area contributed by atoms with E-state index in [4.69, 9.17) is 17.3 Å². The Morgan fingerprint density at radius 2 is 1.95 bits per heavy atom. The Balaban J connectivity index is 1.87. The Morgan fingerprint density at radius 3 is 2.76 bits per heavy atom. The van der Waals surface area contributed by atoms with Crippen LogP contribution in [0.5, 0.6) is 0 Å². The number of halogens is 2. The van der Waals surface area contributed by atoms with Gasteiger partial charge in [0.15, 0.2) is 0 Å². The van der Waals surface area contributed by atoms with Crippen LogP contribution in [0.1, 0.15) is 5.56 Å². The van der Waals surface area contributed by atoms with Crippen molar-refractivity contribution in [3.63, 3.8) is 0 Å². The Hall–Kier alpha value is -2.33. The summed E-state index contributed by atoms with van der Waals surface area (Å²) in [5.41, 5.74) is 9.12. The third-order valence-corrected chi connectivity index (χ3v) is 3.64. The highest BCUT2D eigenvalue weighted by Gasteiger charge is 2.08. The highest BCUT2D eigenvalue weighted by atomic mass is 35.5. The molecule has 0 fully saturated rings. The lowest BCUT2D eigenvalue weighted by Gasteiger charge is -2.05. The van der Waals surface area contributed by atoms with Crippen LogP contribution in [0.2, 0.25) is 5.02 Å². The molecular formula is C16H13ClFN3. The van der Waals surface area contributed by atoms with Crippen molar-refractivity contribution >= 4 is 17.3 Å². The molecule has 0 amide bonds. The molecule has 3 aromatic rings. The predicted octanol–water partition coefficient (Wildman–Crippen LogP) is 3.97. The van der Waals surface area contributed by atoms with Gasteiger partial charge in [0.1, 0.15) is 5.82 Å². The van der Waals surface area contributed by atoms with Gasteiger partial charge in [-0.2, -0.15) is 5.10 Å². The van der Waals surface area contributed by atoms with E-state index in [1.54, 1.807) is 23.0 Å². The van der Waals surface area contributed by atoms with E-state index in [1.807, 2.05) is 30.5 Å². The highest BCUT2D eigenvalue weighted by molar-refractivity contribution is 6.31. The van der Waals surface area contributed by atoms with Gasteiger partial charge in [0.2, 0.25) is 0 Å². The van der Waals surface area contributed by atoms with Crippen molar-refractivity contribution in [2.24, 2.45) is 0 Å². The molecule has 0 saturated heterocycles. The molecule has 106 valence electrons. The fourth-order valence-electron chi connectivity index (χ4n) is 2.16. The monoisotopic (exact) mass is 301 g/mol. The van der Waals surface area contributed by atoms with Crippen LogP contribution in [0.25, 0.3) is 11.1 Å². The lowest BCUT2D eigenvalue weighted by molar-refractivity contribution is 0.620. The van der Waals surface area contributed by atoms with Gasteiger partial charge in [-0.3, -0.25) is 4.68 Å². The molecule has 0 unspecified atom stereocenters. The molecule has 21 heavy (non-hydrogen) atoms. The number of nitrogens with two attached hydrogens (primary N) is 1. The second-order valence-corrected chi connectivity index (χ2v) is 5.14. The second kappa shape index (κ2) is 5.58. The van der Waals surface area contributed by atoms with Gasteiger partial charge < -0.3 is 5.73 Å². The van der Waals surface area contributed by atoms with Crippen molar-refractivity contribution in [2.45, 2.75) is 6.54 Å². The van der Waals surface area contributed by atoms with Gasteiger partial charge in [0.25, 0.3) is 0 Å². The van der Waals surface area contributed by atoms with Crippen molar-refractivity contribution in [1.29, 1.82) is 0 Å². The molecule has 2 N–H and O–H groups in total. The van der Waals surface area contributed by atoms with E-state index in [-0.39, 0.29) is 5.02 Å². The van der Waals surface area contributed by atoms with Crippen LogP contribution in [0.15, 0.2) is 54.9 Å². The molecule has 3 rings (SSSR count). The van der Waals surface area contributed by atoms with E-state index in [0.717, 1.165) is 11.1 Å². The number of aromatic nitrogens is 2. The largest absolute Gasteiger partial charge is 0.399 e. The summed E-state index contributed by atoms with van der Waals surface area (Å²) in [7, 11) is 0. The Kier molecular flexibility index (Phi) is 3.62. The van der Waals surface area contributed by atoms with Crippen LogP contribution in [-0.2, 0) is 6.54 Å². The number of hydrogen-bond donors (Lipinski definition) is 1. The number of rotatable bonds is 3. The molecule has 2 aromatic carbocycles. The van der Waals surface area contributed by atoms with E-state index in [9.17, 15) is 4.39 Å². The van der Waals surface area contributed by atoms with E-state index >= 15 is 0 Å². The zero-order valence-electron chi connectivity index (χ0n) is 11.1. The second-order valence-electron chi connectivity index (χ2n) is 4.76. The number of hydrogen-bond acceptors (Lipinski definition) is 2. The van der Waals surface area contributed by atoms with Gasteiger partial charge in [-0.25, -0.2) is 4.39 Å². The van der Waals surface area contributed by atoms with E-state index in [0.29, 0.717) is 17.8 Å². The molecule has 0 aliphatic rings. The number of nitrogen functional groups attached to an aromatic ring is 1. The maximum absolute atomic E-state index is 13.4. The lowest BCUT2D eigenvalue weighted by Crippen LogP contribution is -2.01. The van der Waals surface area contributed by atoms with E-state index in [2.05, 4.69) is 5.10 Å². The van der Waals surface area contributed by atoms with Gasteiger partial charge >= 0.3 is 0 Å². The van der Waals surface area contributed by atoms with Gasteiger partial charge in [0.05, 0.1) is 17.8 Å². The Labute approximate surface area is 126 Å². The lowest BCUT2D eigenvalue weighted by atomic mass is 10.1. The van der Waals surface area contributed by atoms with Gasteiger partial charge in [0, 0.05) is 17.4 Å². The summed E-state index contributed by atoms with van der Waals surface area (Å²) in [6, 6.07) is 12.3. The first-order chi connectivity index (χ1) is 10.1. The first-order valence-corrected chi connectivity index (χ1v) is 6.82. The topological polar surface area (TPSA) is 43.8 Å².